The summed E-state index contributed by atoms with van der Waals surface area (Å²) >= 11 is 0. The number of fused-ring (bicyclic) bond motifs is 2. The van der Waals surface area contributed by atoms with Crippen LogP contribution < -0.4 is 5.32 Å². The number of piperidine rings is 2. The molecule has 0 amide bonds. The number of nitrogens with one attached hydrogen (secondary N) is 1. The van der Waals surface area contributed by atoms with Gasteiger partial charge in [0.15, 0.2) is 0 Å². The van der Waals surface area contributed by atoms with E-state index in [-0.39, 0.29) is 0 Å². The summed E-state index contributed by atoms with van der Waals surface area (Å²) < 4.78 is 0. The molecule has 0 aliphatic carbocycles. The molecule has 2 aliphatic heterocycles. The molecule has 0 aromatic carbocycles. The third-order valence-corrected chi connectivity index (χ3v) is 4.54. The van der Waals surface area contributed by atoms with Gasteiger partial charge in [0.25, 0.3) is 0 Å². The lowest BCUT2D eigenvalue weighted by atomic mass is 9.80. The van der Waals surface area contributed by atoms with Crippen LogP contribution in [0.2, 0.25) is 0 Å². The summed E-state index contributed by atoms with van der Waals surface area (Å²) in [7, 11) is 0. The van der Waals surface area contributed by atoms with E-state index in [2.05, 4.69) is 36.7 Å². The largest absolute Gasteiger partial charge is 0.314 e. The molecule has 17 heavy (non-hydrogen) atoms. The van der Waals surface area contributed by atoms with Gasteiger partial charge in [-0.05, 0) is 45.6 Å². The molecule has 0 saturated carbocycles. The number of hydrogen-bond acceptors (Lipinski definition) is 2. The Morgan fingerprint density at radius 2 is 2.00 bits per heavy atom. The third kappa shape index (κ3) is 2.92. The van der Waals surface area contributed by atoms with Crippen molar-refractivity contribution in [2.75, 3.05) is 6.54 Å². The second kappa shape index (κ2) is 6.01. The Hall–Kier alpha value is -0.340. The fourth-order valence-electron chi connectivity index (χ4n) is 3.96. The Bertz CT molecular complexity index is 237. The quantitative estimate of drug-likeness (QED) is 0.738. The van der Waals surface area contributed by atoms with Crippen LogP contribution in [0.1, 0.15) is 52.4 Å². The van der Waals surface area contributed by atoms with Crippen LogP contribution in [0.3, 0.4) is 0 Å². The van der Waals surface area contributed by atoms with Gasteiger partial charge in [-0.2, -0.15) is 0 Å². The van der Waals surface area contributed by atoms with Crippen molar-refractivity contribution < 1.29 is 0 Å². The predicted octanol–water partition coefficient (Wildman–Crippen LogP) is 2.95. The zero-order chi connectivity index (χ0) is 12.3. The summed E-state index contributed by atoms with van der Waals surface area (Å²) in [6.07, 6.45) is 10.2. The van der Waals surface area contributed by atoms with Crippen molar-refractivity contribution in [3.63, 3.8) is 0 Å². The Labute approximate surface area is 106 Å². The summed E-state index contributed by atoms with van der Waals surface area (Å²) in [5.41, 5.74) is 0. The van der Waals surface area contributed by atoms with Crippen molar-refractivity contribution in [3.8, 4) is 0 Å². The van der Waals surface area contributed by atoms with Gasteiger partial charge in [0.2, 0.25) is 0 Å². The van der Waals surface area contributed by atoms with Gasteiger partial charge in [0.1, 0.15) is 0 Å². The van der Waals surface area contributed by atoms with E-state index in [1.807, 2.05) is 0 Å². The minimum absolute atomic E-state index is 0.686. The van der Waals surface area contributed by atoms with Crippen LogP contribution in [-0.2, 0) is 0 Å². The van der Waals surface area contributed by atoms with Crippen LogP contribution in [0, 0.1) is 0 Å². The molecule has 2 heterocycles. The first-order valence-electron chi connectivity index (χ1n) is 7.38. The molecule has 2 saturated heterocycles. The lowest BCUT2D eigenvalue weighted by Gasteiger charge is -2.51. The summed E-state index contributed by atoms with van der Waals surface area (Å²) in [4.78, 5) is 2.80. The van der Waals surface area contributed by atoms with Crippen LogP contribution in [0.15, 0.2) is 12.7 Å². The van der Waals surface area contributed by atoms with Gasteiger partial charge in [-0.3, -0.25) is 4.90 Å². The molecule has 2 rings (SSSR count). The molecule has 1 N–H and O–H groups in total. The van der Waals surface area contributed by atoms with Gasteiger partial charge in [0, 0.05) is 24.2 Å². The zero-order valence-electron chi connectivity index (χ0n) is 11.5. The number of hydrogen-bond donors (Lipinski definition) is 1. The maximum atomic E-state index is 3.89. The first-order chi connectivity index (χ1) is 8.26. The van der Waals surface area contributed by atoms with E-state index in [1.54, 1.807) is 0 Å². The SMILES string of the molecule is C=CCC(C)N1C2CCCC1CC(NCC)C2. The van der Waals surface area contributed by atoms with Crippen LogP contribution in [0.25, 0.3) is 0 Å². The van der Waals surface area contributed by atoms with Gasteiger partial charge in [-0.1, -0.05) is 19.4 Å². The molecule has 3 atom stereocenters. The highest BCUT2D eigenvalue weighted by Crippen LogP contribution is 2.36. The second-order valence-electron chi connectivity index (χ2n) is 5.79. The van der Waals surface area contributed by atoms with Crippen molar-refractivity contribution >= 4 is 0 Å². The number of rotatable bonds is 5. The maximum Gasteiger partial charge on any atom is 0.0116 e. The normalized spacial score (nSPS) is 35.5. The molecular weight excluding hydrogens is 208 g/mol. The molecule has 2 fully saturated rings. The predicted molar refractivity (Wildman–Crippen MR) is 74.2 cm³/mol. The third-order valence-electron chi connectivity index (χ3n) is 4.54. The molecule has 3 unspecified atom stereocenters. The van der Waals surface area contributed by atoms with Crippen LogP contribution in [0.5, 0.6) is 0 Å². The topological polar surface area (TPSA) is 15.3 Å². The smallest absolute Gasteiger partial charge is 0.0116 e. The van der Waals surface area contributed by atoms with Crippen LogP contribution in [-0.4, -0.2) is 35.6 Å². The van der Waals surface area contributed by atoms with Crippen molar-refractivity contribution in [3.05, 3.63) is 12.7 Å². The van der Waals surface area contributed by atoms with Crippen LogP contribution >= 0.6 is 0 Å². The van der Waals surface area contributed by atoms with E-state index in [1.165, 1.54) is 32.1 Å². The molecular formula is C15H28N2. The molecule has 2 heteroatoms. The van der Waals surface area contributed by atoms with E-state index in [9.17, 15) is 0 Å². The summed E-state index contributed by atoms with van der Waals surface area (Å²) in [6, 6.07) is 3.09. The Morgan fingerprint density at radius 1 is 1.35 bits per heavy atom. The zero-order valence-corrected chi connectivity index (χ0v) is 11.5. The highest BCUT2D eigenvalue weighted by molar-refractivity contribution is 4.97. The van der Waals surface area contributed by atoms with E-state index in [0.717, 1.165) is 31.1 Å². The molecule has 0 radical (unpaired) electrons. The van der Waals surface area contributed by atoms with E-state index < -0.39 is 0 Å². The number of nitrogens with zero attached hydrogens (tertiary/aromatic N) is 1. The lowest BCUT2D eigenvalue weighted by Crippen LogP contribution is -2.58. The molecule has 0 aromatic heterocycles. The average Bonchev–Trinajstić information content (AvgIpc) is 2.28. The van der Waals surface area contributed by atoms with Crippen molar-refractivity contribution in [1.29, 1.82) is 0 Å². The standard InChI is InChI=1S/C15H28N2/c1-4-7-12(3)17-14-8-6-9-15(17)11-13(10-14)16-5-2/h4,12-16H,1,5-11H2,2-3H3. The van der Waals surface area contributed by atoms with Gasteiger partial charge in [-0.15, -0.1) is 6.58 Å². The second-order valence-corrected chi connectivity index (χ2v) is 5.79. The van der Waals surface area contributed by atoms with E-state index in [4.69, 9.17) is 0 Å². The van der Waals surface area contributed by atoms with Crippen molar-refractivity contribution in [1.82, 2.24) is 10.2 Å². The molecule has 2 nitrogen and oxygen atoms in total. The Kier molecular flexibility index (Phi) is 4.63. The summed E-state index contributed by atoms with van der Waals surface area (Å²) in [6.45, 7) is 9.61. The molecule has 2 bridgehead atoms. The van der Waals surface area contributed by atoms with Crippen LogP contribution in [0.4, 0.5) is 0 Å². The first-order valence-corrected chi connectivity index (χ1v) is 7.38. The van der Waals surface area contributed by atoms with Crippen molar-refractivity contribution in [2.45, 2.75) is 76.5 Å². The Balaban J connectivity index is 2.01. The monoisotopic (exact) mass is 236 g/mol. The van der Waals surface area contributed by atoms with Gasteiger partial charge in [-0.25, -0.2) is 0 Å². The van der Waals surface area contributed by atoms with E-state index >= 15 is 0 Å². The van der Waals surface area contributed by atoms with Gasteiger partial charge >= 0.3 is 0 Å². The molecule has 98 valence electrons. The van der Waals surface area contributed by atoms with E-state index in [0.29, 0.717) is 6.04 Å². The fourth-order valence-corrected chi connectivity index (χ4v) is 3.96. The minimum atomic E-state index is 0.686. The Morgan fingerprint density at radius 3 is 2.53 bits per heavy atom. The molecule has 2 aliphatic rings. The van der Waals surface area contributed by atoms with Gasteiger partial charge < -0.3 is 5.32 Å². The van der Waals surface area contributed by atoms with Gasteiger partial charge in [0.05, 0.1) is 0 Å². The average molecular weight is 236 g/mol. The maximum absolute atomic E-state index is 3.89. The first kappa shape index (κ1) is 13.1. The fraction of sp³-hybridized carbons (Fsp3) is 0.867. The van der Waals surface area contributed by atoms with Crippen molar-refractivity contribution in [2.24, 2.45) is 0 Å². The summed E-state index contributed by atoms with van der Waals surface area (Å²) in [5, 5.41) is 3.66. The highest BCUT2D eigenvalue weighted by Gasteiger charge is 2.39. The highest BCUT2D eigenvalue weighted by atomic mass is 15.2. The minimum Gasteiger partial charge on any atom is -0.314 e. The lowest BCUT2D eigenvalue weighted by molar-refractivity contribution is -0.00411. The summed E-state index contributed by atoms with van der Waals surface area (Å²) in [5.74, 6) is 0. The molecule has 0 spiro atoms. The molecule has 0 aromatic rings.